The molecule has 2 heterocycles. The molecule has 0 aliphatic heterocycles. The lowest BCUT2D eigenvalue weighted by molar-refractivity contribution is -0.114. The molecule has 0 spiro atoms. The zero-order valence-electron chi connectivity index (χ0n) is 12.6. The fourth-order valence-corrected chi connectivity index (χ4v) is 2.91. The van der Waals surface area contributed by atoms with Gasteiger partial charge in [-0.1, -0.05) is 30.3 Å². The van der Waals surface area contributed by atoms with Crippen molar-refractivity contribution in [3.05, 3.63) is 60.8 Å². The number of benzene rings is 2. The van der Waals surface area contributed by atoms with Crippen LogP contribution in [-0.4, -0.2) is 15.9 Å². The third kappa shape index (κ3) is 2.34. The van der Waals surface area contributed by atoms with Crippen molar-refractivity contribution in [2.45, 2.75) is 6.92 Å². The van der Waals surface area contributed by atoms with E-state index < -0.39 is 0 Å². The Morgan fingerprint density at radius 1 is 1.00 bits per heavy atom. The zero-order valence-corrected chi connectivity index (χ0v) is 12.6. The summed E-state index contributed by atoms with van der Waals surface area (Å²) in [4.78, 5) is 19.1. The van der Waals surface area contributed by atoms with Crippen molar-refractivity contribution in [1.82, 2.24) is 9.97 Å². The minimum absolute atomic E-state index is 0.0754. The van der Waals surface area contributed by atoms with Crippen LogP contribution in [0.2, 0.25) is 0 Å². The zero-order chi connectivity index (χ0) is 15.8. The Morgan fingerprint density at radius 3 is 2.57 bits per heavy atom. The van der Waals surface area contributed by atoms with Gasteiger partial charge in [0.25, 0.3) is 0 Å². The van der Waals surface area contributed by atoms with Crippen molar-refractivity contribution in [1.29, 1.82) is 0 Å². The van der Waals surface area contributed by atoms with Crippen molar-refractivity contribution in [2.24, 2.45) is 0 Å². The van der Waals surface area contributed by atoms with Crippen LogP contribution in [0.25, 0.3) is 33.1 Å². The standard InChI is InChI=1S/C19H15N3O/c1-12(23)21-14-8-6-13(7-9-14)18-19-16(10-11-20-18)15-4-2-3-5-17(15)22-19/h2-11,22H,1H3,(H,21,23). The van der Waals surface area contributed by atoms with Crippen LogP contribution < -0.4 is 5.32 Å². The second-order valence-corrected chi connectivity index (χ2v) is 5.51. The molecule has 2 aromatic heterocycles. The van der Waals surface area contributed by atoms with Crippen molar-refractivity contribution in [3.8, 4) is 11.3 Å². The number of fused-ring (bicyclic) bond motifs is 3. The van der Waals surface area contributed by atoms with Gasteiger partial charge in [0.2, 0.25) is 5.91 Å². The van der Waals surface area contributed by atoms with E-state index in [0.29, 0.717) is 0 Å². The Hall–Kier alpha value is -3.14. The van der Waals surface area contributed by atoms with E-state index in [4.69, 9.17) is 0 Å². The molecule has 0 saturated heterocycles. The first-order valence-corrected chi connectivity index (χ1v) is 7.46. The maximum absolute atomic E-state index is 11.1. The van der Waals surface area contributed by atoms with E-state index in [2.05, 4.69) is 27.4 Å². The number of hydrogen-bond donors (Lipinski definition) is 2. The SMILES string of the molecule is CC(=O)Nc1ccc(-c2nccc3c2[nH]c2ccccc23)cc1. The van der Waals surface area contributed by atoms with Gasteiger partial charge in [0.05, 0.1) is 11.2 Å². The number of pyridine rings is 1. The summed E-state index contributed by atoms with van der Waals surface area (Å²) in [6, 6.07) is 18.0. The van der Waals surface area contributed by atoms with Crippen molar-refractivity contribution >= 4 is 33.4 Å². The minimum atomic E-state index is -0.0754. The van der Waals surface area contributed by atoms with Gasteiger partial charge >= 0.3 is 0 Å². The Kier molecular flexibility index (Phi) is 3.08. The summed E-state index contributed by atoms with van der Waals surface area (Å²) in [5.74, 6) is -0.0754. The molecule has 0 atom stereocenters. The van der Waals surface area contributed by atoms with Crippen molar-refractivity contribution in [3.63, 3.8) is 0 Å². The molecule has 4 heteroatoms. The molecule has 0 radical (unpaired) electrons. The minimum Gasteiger partial charge on any atom is -0.353 e. The summed E-state index contributed by atoms with van der Waals surface area (Å²) in [7, 11) is 0. The molecule has 4 rings (SSSR count). The quantitative estimate of drug-likeness (QED) is 0.578. The molecule has 0 saturated carbocycles. The van der Waals surface area contributed by atoms with Crippen LogP contribution in [0.3, 0.4) is 0 Å². The van der Waals surface area contributed by atoms with Crippen LogP contribution in [0.5, 0.6) is 0 Å². The largest absolute Gasteiger partial charge is 0.353 e. The number of nitrogens with one attached hydrogen (secondary N) is 2. The van der Waals surface area contributed by atoms with E-state index in [0.717, 1.165) is 33.4 Å². The summed E-state index contributed by atoms with van der Waals surface area (Å²) in [5.41, 5.74) is 4.84. The fraction of sp³-hybridized carbons (Fsp3) is 0.0526. The van der Waals surface area contributed by atoms with Gasteiger partial charge in [-0.15, -0.1) is 0 Å². The molecule has 0 aliphatic carbocycles. The van der Waals surface area contributed by atoms with Gasteiger partial charge in [0, 0.05) is 40.7 Å². The molecule has 1 amide bonds. The molecule has 112 valence electrons. The number of carbonyl (C=O) groups excluding carboxylic acids is 1. The first kappa shape index (κ1) is 13.5. The van der Waals surface area contributed by atoms with Gasteiger partial charge in [-0.3, -0.25) is 9.78 Å². The number of aromatic amines is 1. The maximum atomic E-state index is 11.1. The first-order chi connectivity index (χ1) is 11.2. The molecule has 4 aromatic rings. The predicted molar refractivity (Wildman–Crippen MR) is 93.3 cm³/mol. The summed E-state index contributed by atoms with van der Waals surface area (Å²) in [5, 5.41) is 5.13. The fourth-order valence-electron chi connectivity index (χ4n) is 2.91. The van der Waals surface area contributed by atoms with Gasteiger partial charge in [-0.2, -0.15) is 0 Å². The monoisotopic (exact) mass is 301 g/mol. The number of rotatable bonds is 2. The predicted octanol–water partition coefficient (Wildman–Crippen LogP) is 4.34. The molecule has 2 aromatic carbocycles. The highest BCUT2D eigenvalue weighted by Gasteiger charge is 2.10. The van der Waals surface area contributed by atoms with Gasteiger partial charge in [0.1, 0.15) is 0 Å². The Morgan fingerprint density at radius 2 is 1.78 bits per heavy atom. The Labute approximate surface area is 133 Å². The highest BCUT2D eigenvalue weighted by molar-refractivity contribution is 6.10. The van der Waals surface area contributed by atoms with E-state index in [1.807, 2.05) is 48.7 Å². The van der Waals surface area contributed by atoms with Gasteiger partial charge in [-0.05, 0) is 24.3 Å². The normalized spacial score (nSPS) is 11.0. The molecule has 0 unspecified atom stereocenters. The lowest BCUT2D eigenvalue weighted by Crippen LogP contribution is -2.05. The third-order valence-corrected chi connectivity index (χ3v) is 3.91. The smallest absolute Gasteiger partial charge is 0.221 e. The number of hydrogen-bond acceptors (Lipinski definition) is 2. The third-order valence-electron chi connectivity index (χ3n) is 3.91. The molecule has 23 heavy (non-hydrogen) atoms. The molecule has 0 aliphatic rings. The number of nitrogens with zero attached hydrogens (tertiary/aromatic N) is 1. The average molecular weight is 301 g/mol. The highest BCUT2D eigenvalue weighted by Crippen LogP contribution is 2.31. The summed E-state index contributed by atoms with van der Waals surface area (Å²) in [6.45, 7) is 1.50. The topological polar surface area (TPSA) is 57.8 Å². The molecule has 4 nitrogen and oxygen atoms in total. The number of anilines is 1. The Bertz CT molecular complexity index is 1020. The Balaban J connectivity index is 1.86. The van der Waals surface area contributed by atoms with Crippen LogP contribution in [0.15, 0.2) is 60.8 Å². The van der Waals surface area contributed by atoms with Gasteiger partial charge in [0.15, 0.2) is 0 Å². The molecule has 0 fully saturated rings. The van der Waals surface area contributed by atoms with E-state index in [9.17, 15) is 4.79 Å². The van der Waals surface area contributed by atoms with E-state index >= 15 is 0 Å². The lowest BCUT2D eigenvalue weighted by Gasteiger charge is -2.05. The molecular weight excluding hydrogens is 286 g/mol. The molecule has 0 bridgehead atoms. The molecular formula is C19H15N3O. The number of amides is 1. The van der Waals surface area contributed by atoms with E-state index in [-0.39, 0.29) is 5.91 Å². The van der Waals surface area contributed by atoms with Gasteiger partial charge < -0.3 is 10.3 Å². The summed E-state index contributed by atoms with van der Waals surface area (Å²) in [6.07, 6.45) is 1.83. The number of aromatic nitrogens is 2. The second-order valence-electron chi connectivity index (χ2n) is 5.51. The number of para-hydroxylation sites is 1. The summed E-state index contributed by atoms with van der Waals surface area (Å²) >= 11 is 0. The van der Waals surface area contributed by atoms with Crippen LogP contribution >= 0.6 is 0 Å². The van der Waals surface area contributed by atoms with Crippen molar-refractivity contribution in [2.75, 3.05) is 5.32 Å². The van der Waals surface area contributed by atoms with Crippen LogP contribution in [0, 0.1) is 0 Å². The molecule has 2 N–H and O–H groups in total. The summed E-state index contributed by atoms with van der Waals surface area (Å²) < 4.78 is 0. The van der Waals surface area contributed by atoms with E-state index in [1.54, 1.807) is 0 Å². The number of carbonyl (C=O) groups is 1. The maximum Gasteiger partial charge on any atom is 0.221 e. The van der Waals surface area contributed by atoms with Crippen LogP contribution in [0.1, 0.15) is 6.92 Å². The lowest BCUT2D eigenvalue weighted by atomic mass is 10.1. The second kappa shape index (κ2) is 5.25. The van der Waals surface area contributed by atoms with Crippen LogP contribution in [-0.2, 0) is 4.79 Å². The highest BCUT2D eigenvalue weighted by atomic mass is 16.1. The first-order valence-electron chi connectivity index (χ1n) is 7.46. The van der Waals surface area contributed by atoms with E-state index in [1.165, 1.54) is 12.3 Å². The van der Waals surface area contributed by atoms with Crippen molar-refractivity contribution < 1.29 is 4.79 Å². The van der Waals surface area contributed by atoms with Gasteiger partial charge in [-0.25, -0.2) is 0 Å². The van der Waals surface area contributed by atoms with Crippen LogP contribution in [0.4, 0.5) is 5.69 Å². The number of H-pyrrole nitrogens is 1. The average Bonchev–Trinajstić information content (AvgIpc) is 2.94.